The van der Waals surface area contributed by atoms with E-state index in [-0.39, 0.29) is 41.7 Å². The summed E-state index contributed by atoms with van der Waals surface area (Å²) in [5.41, 5.74) is 0.678. The average molecular weight is 407 g/mol. The topological polar surface area (TPSA) is 35.5 Å². The molecule has 3 nitrogen and oxygen atoms in total. The number of para-hydroxylation sites is 1. The SMILES string of the molecule is C.CC1(C)C(C=C(Cl)Cl)C1C(=O)OCc1cccc(Oc2ccccc2)c1. The van der Waals surface area contributed by atoms with E-state index in [1.54, 1.807) is 6.08 Å². The van der Waals surface area contributed by atoms with Crippen LogP contribution in [0.2, 0.25) is 0 Å². The number of halogens is 2. The Balaban J connectivity index is 0.00000261. The molecule has 1 aliphatic rings. The molecule has 3 rings (SSSR count). The highest BCUT2D eigenvalue weighted by molar-refractivity contribution is 6.55. The minimum atomic E-state index is -0.236. The van der Waals surface area contributed by atoms with Crippen LogP contribution in [0, 0.1) is 17.3 Å². The quantitative estimate of drug-likeness (QED) is 0.497. The van der Waals surface area contributed by atoms with E-state index in [2.05, 4.69) is 0 Å². The van der Waals surface area contributed by atoms with Gasteiger partial charge in [0.1, 0.15) is 22.6 Å². The lowest BCUT2D eigenvalue weighted by molar-refractivity contribution is -0.147. The minimum Gasteiger partial charge on any atom is -0.461 e. The molecule has 0 saturated heterocycles. The lowest BCUT2D eigenvalue weighted by Gasteiger charge is -2.09. The van der Waals surface area contributed by atoms with Gasteiger partial charge in [0, 0.05) is 0 Å². The van der Waals surface area contributed by atoms with E-state index >= 15 is 0 Å². The number of benzene rings is 2. The molecule has 1 saturated carbocycles. The van der Waals surface area contributed by atoms with Gasteiger partial charge in [0.25, 0.3) is 0 Å². The summed E-state index contributed by atoms with van der Waals surface area (Å²) in [5.74, 6) is 1.01. The third-order valence-corrected chi connectivity index (χ3v) is 4.98. The molecule has 0 amide bonds. The Morgan fingerprint density at radius 2 is 1.74 bits per heavy atom. The molecule has 0 N–H and O–H groups in total. The van der Waals surface area contributed by atoms with Crippen LogP contribution in [-0.4, -0.2) is 5.97 Å². The van der Waals surface area contributed by atoms with Crippen molar-refractivity contribution in [2.45, 2.75) is 27.9 Å². The van der Waals surface area contributed by atoms with E-state index < -0.39 is 0 Å². The van der Waals surface area contributed by atoms with Gasteiger partial charge in [-0.25, -0.2) is 0 Å². The van der Waals surface area contributed by atoms with Gasteiger partial charge in [-0.3, -0.25) is 4.79 Å². The van der Waals surface area contributed by atoms with Crippen LogP contribution in [0.15, 0.2) is 65.2 Å². The monoisotopic (exact) mass is 406 g/mol. The molecular weight excluding hydrogens is 383 g/mol. The van der Waals surface area contributed by atoms with Crippen molar-refractivity contribution < 1.29 is 14.3 Å². The highest BCUT2D eigenvalue weighted by Crippen LogP contribution is 2.60. The number of esters is 1. The molecule has 27 heavy (non-hydrogen) atoms. The lowest BCUT2D eigenvalue weighted by atomic mass is 10.1. The van der Waals surface area contributed by atoms with Gasteiger partial charge in [0.15, 0.2) is 0 Å². The Hall–Kier alpha value is -1.97. The van der Waals surface area contributed by atoms with Gasteiger partial charge in [-0.05, 0) is 47.2 Å². The van der Waals surface area contributed by atoms with Crippen molar-refractivity contribution in [3.63, 3.8) is 0 Å². The van der Waals surface area contributed by atoms with Crippen LogP contribution in [0.1, 0.15) is 26.8 Å². The Kier molecular flexibility index (Phi) is 6.96. The van der Waals surface area contributed by atoms with Gasteiger partial charge >= 0.3 is 5.97 Å². The van der Waals surface area contributed by atoms with Gasteiger partial charge in [0.2, 0.25) is 0 Å². The molecule has 0 aromatic heterocycles. The summed E-state index contributed by atoms with van der Waals surface area (Å²) >= 11 is 11.5. The summed E-state index contributed by atoms with van der Waals surface area (Å²) in [6.07, 6.45) is 1.71. The van der Waals surface area contributed by atoms with E-state index in [0.717, 1.165) is 11.3 Å². The number of ether oxygens (including phenoxy) is 2. The number of hydrogen-bond acceptors (Lipinski definition) is 3. The van der Waals surface area contributed by atoms with E-state index in [1.807, 2.05) is 68.4 Å². The molecule has 1 aliphatic carbocycles. The zero-order chi connectivity index (χ0) is 18.7. The summed E-state index contributed by atoms with van der Waals surface area (Å²) in [6, 6.07) is 17.0. The van der Waals surface area contributed by atoms with Gasteiger partial charge < -0.3 is 9.47 Å². The largest absolute Gasteiger partial charge is 0.461 e. The molecule has 2 aromatic rings. The van der Waals surface area contributed by atoms with E-state index in [9.17, 15) is 4.79 Å². The van der Waals surface area contributed by atoms with Crippen LogP contribution in [0.25, 0.3) is 0 Å². The fourth-order valence-corrected chi connectivity index (χ4v) is 3.41. The predicted molar refractivity (Wildman–Crippen MR) is 110 cm³/mol. The molecule has 2 unspecified atom stereocenters. The molecule has 5 heteroatoms. The first-order valence-corrected chi connectivity index (χ1v) is 9.15. The smallest absolute Gasteiger partial charge is 0.310 e. The fraction of sp³-hybridized carbons (Fsp3) is 0.318. The first-order valence-electron chi connectivity index (χ1n) is 8.39. The molecule has 0 radical (unpaired) electrons. The Labute approximate surface area is 170 Å². The zero-order valence-electron chi connectivity index (χ0n) is 14.6. The Bertz CT molecular complexity index is 811. The van der Waals surface area contributed by atoms with Gasteiger partial charge in [0.05, 0.1) is 5.92 Å². The first-order chi connectivity index (χ1) is 12.4. The third-order valence-electron chi connectivity index (χ3n) is 4.73. The first kappa shape index (κ1) is 21.3. The third kappa shape index (κ3) is 5.27. The van der Waals surface area contributed by atoms with Gasteiger partial charge in [-0.15, -0.1) is 0 Å². The van der Waals surface area contributed by atoms with Crippen LogP contribution < -0.4 is 4.74 Å². The highest BCUT2D eigenvalue weighted by atomic mass is 35.5. The highest BCUT2D eigenvalue weighted by Gasteiger charge is 2.61. The average Bonchev–Trinajstić information content (AvgIpc) is 3.13. The summed E-state index contributed by atoms with van der Waals surface area (Å²) in [6.45, 7) is 4.21. The fourth-order valence-electron chi connectivity index (χ4n) is 3.14. The van der Waals surface area contributed by atoms with Crippen LogP contribution in [-0.2, 0) is 16.1 Å². The number of carbonyl (C=O) groups excluding carboxylic acids is 1. The molecule has 0 bridgehead atoms. The van der Waals surface area contributed by atoms with Crippen LogP contribution >= 0.6 is 23.2 Å². The van der Waals surface area contributed by atoms with Gasteiger partial charge in [-0.2, -0.15) is 0 Å². The second-order valence-electron chi connectivity index (χ2n) is 6.95. The number of hydrogen-bond donors (Lipinski definition) is 0. The Morgan fingerprint density at radius 1 is 1.07 bits per heavy atom. The summed E-state index contributed by atoms with van der Waals surface area (Å²) in [5, 5.41) is 0. The standard InChI is InChI=1S/C21H20Cl2O3.CH4/c1-21(2)17(12-18(22)23)19(21)20(24)25-13-14-7-6-10-16(11-14)26-15-8-4-3-5-9-15;/h3-12,17,19H,13H2,1-2H3;1H4. The van der Waals surface area contributed by atoms with Crippen molar-refractivity contribution >= 4 is 29.2 Å². The van der Waals surface area contributed by atoms with Crippen molar-refractivity contribution in [2.24, 2.45) is 17.3 Å². The molecular formula is C22H24Cl2O3. The lowest BCUT2D eigenvalue weighted by Crippen LogP contribution is -2.10. The summed E-state index contributed by atoms with van der Waals surface area (Å²) < 4.78 is 11.5. The van der Waals surface area contributed by atoms with E-state index in [0.29, 0.717) is 5.75 Å². The van der Waals surface area contributed by atoms with Crippen LogP contribution in [0.5, 0.6) is 11.5 Å². The van der Waals surface area contributed by atoms with E-state index in [1.165, 1.54) is 0 Å². The molecule has 1 fully saturated rings. The van der Waals surface area contributed by atoms with Crippen LogP contribution in [0.4, 0.5) is 0 Å². The van der Waals surface area contributed by atoms with Crippen molar-refractivity contribution in [3.05, 3.63) is 70.7 Å². The normalized spacial score (nSPS) is 19.4. The Morgan fingerprint density at radius 3 is 2.41 bits per heavy atom. The maximum atomic E-state index is 12.4. The maximum absolute atomic E-state index is 12.4. The molecule has 0 aliphatic heterocycles. The molecule has 0 heterocycles. The summed E-state index contributed by atoms with van der Waals surface area (Å²) in [7, 11) is 0. The maximum Gasteiger partial charge on any atom is 0.310 e. The predicted octanol–water partition coefficient (Wildman–Crippen LogP) is 6.75. The number of rotatable bonds is 6. The second kappa shape index (κ2) is 8.81. The number of allylic oxidation sites excluding steroid dienone is 1. The minimum absolute atomic E-state index is 0. The molecule has 144 valence electrons. The zero-order valence-corrected chi connectivity index (χ0v) is 16.1. The number of carbonyl (C=O) groups is 1. The van der Waals surface area contributed by atoms with Crippen molar-refractivity contribution in [1.82, 2.24) is 0 Å². The van der Waals surface area contributed by atoms with Crippen molar-refractivity contribution in [1.29, 1.82) is 0 Å². The van der Waals surface area contributed by atoms with Crippen molar-refractivity contribution in [2.75, 3.05) is 0 Å². The van der Waals surface area contributed by atoms with Crippen LogP contribution in [0.3, 0.4) is 0 Å². The molecule has 0 spiro atoms. The molecule has 2 aromatic carbocycles. The summed E-state index contributed by atoms with van der Waals surface area (Å²) in [4.78, 5) is 12.4. The molecule has 2 atom stereocenters. The second-order valence-corrected chi connectivity index (χ2v) is 7.96. The van der Waals surface area contributed by atoms with Gasteiger partial charge in [-0.1, -0.05) is 74.8 Å². The van der Waals surface area contributed by atoms with Crippen molar-refractivity contribution in [3.8, 4) is 11.5 Å². The van der Waals surface area contributed by atoms with E-state index in [4.69, 9.17) is 32.7 Å².